The molecule has 5 heteroatoms. The number of amides is 2. The Bertz CT molecular complexity index is 651. The Hall–Kier alpha value is -2.14. The van der Waals surface area contributed by atoms with E-state index in [2.05, 4.69) is 36.5 Å². The third kappa shape index (κ3) is 5.49. The molecule has 1 aromatic heterocycles. The second kappa shape index (κ2) is 9.23. The number of hydrogen-bond acceptors (Lipinski definition) is 3. The van der Waals surface area contributed by atoms with Crippen LogP contribution in [0.15, 0.2) is 41.1 Å². The van der Waals surface area contributed by atoms with Gasteiger partial charge in [0.05, 0.1) is 0 Å². The van der Waals surface area contributed by atoms with Gasteiger partial charge in [0, 0.05) is 37.5 Å². The van der Waals surface area contributed by atoms with Crippen LogP contribution in [0.2, 0.25) is 0 Å². The van der Waals surface area contributed by atoms with Crippen molar-refractivity contribution < 1.29 is 9.59 Å². The molecule has 0 fully saturated rings. The molecule has 0 bridgehead atoms. The second-order valence-corrected chi connectivity index (χ2v) is 6.57. The topological polar surface area (TPSA) is 49.4 Å². The summed E-state index contributed by atoms with van der Waals surface area (Å²) in [5.41, 5.74) is 3.11. The molecule has 0 saturated heterocycles. The van der Waals surface area contributed by atoms with Crippen molar-refractivity contribution in [1.82, 2.24) is 10.2 Å². The number of benzene rings is 1. The number of aryl methyl sites for hydroxylation is 1. The second-order valence-electron chi connectivity index (χ2n) is 5.79. The van der Waals surface area contributed by atoms with Gasteiger partial charge in [-0.15, -0.1) is 0 Å². The zero-order valence-corrected chi connectivity index (χ0v) is 15.1. The van der Waals surface area contributed by atoms with Crippen molar-refractivity contribution in [3.05, 3.63) is 57.8 Å². The van der Waals surface area contributed by atoms with Crippen molar-refractivity contribution in [3.63, 3.8) is 0 Å². The van der Waals surface area contributed by atoms with E-state index in [4.69, 9.17) is 0 Å². The largest absolute Gasteiger partial charge is 0.352 e. The predicted molar refractivity (Wildman–Crippen MR) is 98.2 cm³/mol. The monoisotopic (exact) mass is 344 g/mol. The molecular weight excluding hydrogens is 320 g/mol. The summed E-state index contributed by atoms with van der Waals surface area (Å²) in [5, 5.41) is 6.53. The van der Waals surface area contributed by atoms with Crippen molar-refractivity contribution in [2.75, 3.05) is 13.6 Å². The zero-order chi connectivity index (χ0) is 17.4. The van der Waals surface area contributed by atoms with Crippen molar-refractivity contribution in [1.29, 1.82) is 0 Å². The Labute approximate surface area is 147 Å². The molecule has 0 aliphatic rings. The summed E-state index contributed by atoms with van der Waals surface area (Å²) in [4.78, 5) is 25.7. The molecule has 2 amide bonds. The van der Waals surface area contributed by atoms with Gasteiger partial charge in [0.25, 0.3) is 5.91 Å². The van der Waals surface area contributed by atoms with E-state index >= 15 is 0 Å². The number of hydrogen-bond donors (Lipinski definition) is 1. The molecule has 0 radical (unpaired) electrons. The Balaban J connectivity index is 1.68. The maximum absolute atomic E-state index is 12.2. The maximum atomic E-state index is 12.2. The highest BCUT2D eigenvalue weighted by Gasteiger charge is 2.10. The van der Waals surface area contributed by atoms with Crippen LogP contribution in [0.3, 0.4) is 0 Å². The average Bonchev–Trinajstić information content (AvgIpc) is 3.13. The Morgan fingerprint density at radius 2 is 1.83 bits per heavy atom. The molecular formula is C19H24N2O2S. The van der Waals surface area contributed by atoms with Crippen LogP contribution in [-0.2, 0) is 17.8 Å². The first-order chi connectivity index (χ1) is 11.6. The minimum atomic E-state index is -0.0759. The Morgan fingerprint density at radius 1 is 1.12 bits per heavy atom. The van der Waals surface area contributed by atoms with Gasteiger partial charge in [0.2, 0.25) is 5.91 Å². The van der Waals surface area contributed by atoms with Gasteiger partial charge in [0.15, 0.2) is 0 Å². The molecule has 24 heavy (non-hydrogen) atoms. The standard InChI is InChI=1S/C19H24N2O2S/c1-3-15-6-8-16(9-7-15)13-21(2)18(22)5-4-11-20-19(23)17-10-12-24-14-17/h6-10,12,14H,3-5,11,13H2,1-2H3,(H,20,23). The van der Waals surface area contributed by atoms with Gasteiger partial charge in [0.1, 0.15) is 0 Å². The summed E-state index contributed by atoms with van der Waals surface area (Å²) in [6.45, 7) is 3.26. The lowest BCUT2D eigenvalue weighted by Crippen LogP contribution is -2.28. The molecule has 4 nitrogen and oxygen atoms in total. The highest BCUT2D eigenvalue weighted by molar-refractivity contribution is 7.08. The van der Waals surface area contributed by atoms with E-state index in [1.807, 2.05) is 17.8 Å². The fourth-order valence-corrected chi connectivity index (χ4v) is 3.01. The summed E-state index contributed by atoms with van der Waals surface area (Å²) in [7, 11) is 1.82. The lowest BCUT2D eigenvalue weighted by Gasteiger charge is -2.17. The summed E-state index contributed by atoms with van der Waals surface area (Å²) >= 11 is 1.50. The van der Waals surface area contributed by atoms with Crippen molar-refractivity contribution >= 4 is 23.2 Å². The molecule has 0 spiro atoms. The van der Waals surface area contributed by atoms with Crippen LogP contribution >= 0.6 is 11.3 Å². The minimum Gasteiger partial charge on any atom is -0.352 e. The molecule has 0 saturated carbocycles. The number of rotatable bonds is 8. The van der Waals surface area contributed by atoms with Crippen molar-refractivity contribution in [2.24, 2.45) is 0 Å². The van der Waals surface area contributed by atoms with Gasteiger partial charge >= 0.3 is 0 Å². The summed E-state index contributed by atoms with van der Waals surface area (Å²) in [6.07, 6.45) is 2.10. The fourth-order valence-electron chi connectivity index (χ4n) is 2.37. The molecule has 128 valence electrons. The number of carbonyl (C=O) groups excluding carboxylic acids is 2. The Kier molecular flexibility index (Phi) is 7.00. The molecule has 1 N–H and O–H groups in total. The van der Waals surface area contributed by atoms with Crippen molar-refractivity contribution in [2.45, 2.75) is 32.7 Å². The first-order valence-corrected chi connectivity index (χ1v) is 9.16. The number of nitrogens with one attached hydrogen (secondary N) is 1. The van der Waals surface area contributed by atoms with Gasteiger partial charge in [-0.2, -0.15) is 11.3 Å². The van der Waals surface area contributed by atoms with Crippen LogP contribution in [0.25, 0.3) is 0 Å². The van der Waals surface area contributed by atoms with Gasteiger partial charge in [-0.3, -0.25) is 9.59 Å². The Morgan fingerprint density at radius 3 is 2.46 bits per heavy atom. The average molecular weight is 344 g/mol. The maximum Gasteiger partial charge on any atom is 0.252 e. The molecule has 1 heterocycles. The van der Waals surface area contributed by atoms with E-state index in [0.717, 1.165) is 12.0 Å². The molecule has 0 aliphatic carbocycles. The van der Waals surface area contributed by atoms with Crippen LogP contribution in [0.4, 0.5) is 0 Å². The quantitative estimate of drug-likeness (QED) is 0.745. The lowest BCUT2D eigenvalue weighted by atomic mass is 10.1. The van der Waals surface area contributed by atoms with E-state index in [1.54, 1.807) is 11.0 Å². The molecule has 2 rings (SSSR count). The first-order valence-electron chi connectivity index (χ1n) is 8.22. The van der Waals surface area contributed by atoms with Gasteiger partial charge in [-0.05, 0) is 35.4 Å². The molecule has 0 aliphatic heterocycles. The molecule has 1 aromatic carbocycles. The zero-order valence-electron chi connectivity index (χ0n) is 14.2. The van der Waals surface area contributed by atoms with E-state index in [-0.39, 0.29) is 11.8 Å². The summed E-state index contributed by atoms with van der Waals surface area (Å²) in [6, 6.07) is 10.2. The van der Waals surface area contributed by atoms with Crippen LogP contribution in [0.5, 0.6) is 0 Å². The van der Waals surface area contributed by atoms with E-state index in [1.165, 1.54) is 16.9 Å². The van der Waals surface area contributed by atoms with Gasteiger partial charge in [-0.1, -0.05) is 31.2 Å². The highest BCUT2D eigenvalue weighted by atomic mass is 32.1. The number of carbonyl (C=O) groups is 2. The lowest BCUT2D eigenvalue weighted by molar-refractivity contribution is -0.130. The summed E-state index contributed by atoms with van der Waals surface area (Å²) in [5.74, 6) is 0.0208. The molecule has 2 aromatic rings. The van der Waals surface area contributed by atoms with Crippen LogP contribution < -0.4 is 5.32 Å². The SMILES string of the molecule is CCc1ccc(CN(C)C(=O)CCCNC(=O)c2ccsc2)cc1. The first kappa shape index (κ1) is 18.2. The normalized spacial score (nSPS) is 10.4. The summed E-state index contributed by atoms with van der Waals surface area (Å²) < 4.78 is 0. The van der Waals surface area contributed by atoms with E-state index < -0.39 is 0 Å². The van der Waals surface area contributed by atoms with Gasteiger partial charge in [-0.25, -0.2) is 0 Å². The van der Waals surface area contributed by atoms with E-state index in [9.17, 15) is 9.59 Å². The smallest absolute Gasteiger partial charge is 0.252 e. The highest BCUT2D eigenvalue weighted by Crippen LogP contribution is 2.09. The van der Waals surface area contributed by atoms with Crippen LogP contribution in [0.1, 0.15) is 41.3 Å². The third-order valence-corrected chi connectivity index (χ3v) is 4.60. The van der Waals surface area contributed by atoms with E-state index in [0.29, 0.717) is 31.5 Å². The number of thiophene rings is 1. The van der Waals surface area contributed by atoms with Crippen LogP contribution in [-0.4, -0.2) is 30.3 Å². The van der Waals surface area contributed by atoms with Gasteiger partial charge < -0.3 is 10.2 Å². The minimum absolute atomic E-state index is 0.0759. The molecule has 0 atom stereocenters. The van der Waals surface area contributed by atoms with Crippen LogP contribution in [0, 0.1) is 0 Å². The third-order valence-electron chi connectivity index (χ3n) is 3.91. The fraction of sp³-hybridized carbons (Fsp3) is 0.368. The molecule has 0 unspecified atom stereocenters. The predicted octanol–water partition coefficient (Wildman–Crippen LogP) is 3.48. The van der Waals surface area contributed by atoms with Crippen molar-refractivity contribution in [3.8, 4) is 0 Å². The number of nitrogens with zero attached hydrogens (tertiary/aromatic N) is 1.